The maximum atomic E-state index is 12.2. The summed E-state index contributed by atoms with van der Waals surface area (Å²) in [4.78, 5) is 24.4. The molecule has 0 saturated carbocycles. The Labute approximate surface area is 264 Å². The number of carbonyl (C=O) groups excluding carboxylic acids is 2. The Morgan fingerprint density at radius 2 is 0.930 bits per heavy atom. The van der Waals surface area contributed by atoms with Crippen LogP contribution in [0.3, 0.4) is 0 Å². The minimum atomic E-state index is -1.04. The van der Waals surface area contributed by atoms with E-state index >= 15 is 0 Å². The number of hydrogen-bond acceptors (Lipinski definition) is 7. The van der Waals surface area contributed by atoms with Crippen molar-refractivity contribution in [2.45, 2.75) is 180 Å². The lowest BCUT2D eigenvalue weighted by Crippen LogP contribution is -2.32. The van der Waals surface area contributed by atoms with Crippen molar-refractivity contribution in [2.24, 2.45) is 0 Å². The summed E-state index contributed by atoms with van der Waals surface area (Å²) >= 11 is 0. The first-order chi connectivity index (χ1) is 21.0. The smallest absolute Gasteiger partial charge is 0.305 e. The van der Waals surface area contributed by atoms with E-state index in [2.05, 4.69) is 26.0 Å². The summed E-state index contributed by atoms with van der Waals surface area (Å²) in [6.07, 6.45) is 29.9. The Kier molecular flexibility index (Phi) is 32.3. The third kappa shape index (κ3) is 31.8. The Morgan fingerprint density at radius 1 is 0.558 bits per heavy atom. The van der Waals surface area contributed by atoms with Gasteiger partial charge in [0.2, 0.25) is 0 Å². The second kappa shape index (κ2) is 33.5. The summed E-state index contributed by atoms with van der Waals surface area (Å²) in [5, 5.41) is 18.7. The Hall–Kier alpha value is -1.44. The molecule has 43 heavy (non-hydrogen) atoms. The average molecular weight is 613 g/mol. The van der Waals surface area contributed by atoms with Gasteiger partial charge in [-0.1, -0.05) is 129 Å². The highest BCUT2D eigenvalue weighted by atomic mass is 16.6. The quantitative estimate of drug-likeness (QED) is 0.0434. The van der Waals surface area contributed by atoms with Crippen LogP contribution in [0.25, 0.3) is 0 Å². The Balaban J connectivity index is 3.94. The molecule has 0 fully saturated rings. The molecule has 2 unspecified atom stereocenters. The van der Waals surface area contributed by atoms with E-state index in [4.69, 9.17) is 19.3 Å². The van der Waals surface area contributed by atoms with E-state index in [1.807, 2.05) is 0 Å². The second-order valence-electron chi connectivity index (χ2n) is 12.1. The number of allylic oxidation sites excluding steroid dienone is 2. The molecule has 0 bridgehead atoms. The van der Waals surface area contributed by atoms with Crippen LogP contribution >= 0.6 is 0 Å². The van der Waals surface area contributed by atoms with Crippen LogP contribution < -0.4 is 0 Å². The fourth-order valence-electron chi connectivity index (χ4n) is 4.88. The van der Waals surface area contributed by atoms with Gasteiger partial charge < -0.3 is 24.4 Å². The van der Waals surface area contributed by atoms with Crippen LogP contribution in [0.2, 0.25) is 0 Å². The molecule has 0 aliphatic carbocycles. The van der Waals surface area contributed by atoms with Gasteiger partial charge in [-0.2, -0.15) is 0 Å². The predicted octanol–water partition coefficient (Wildman–Crippen LogP) is 8.77. The molecule has 0 rings (SSSR count). The molecule has 0 aliphatic rings. The fraction of sp³-hybridized carbons (Fsp3) is 0.889. The molecule has 2 atom stereocenters. The number of ether oxygens (including phenoxy) is 3. The van der Waals surface area contributed by atoms with Crippen molar-refractivity contribution in [3.8, 4) is 0 Å². The van der Waals surface area contributed by atoms with Crippen molar-refractivity contribution < 1.29 is 34.0 Å². The molecule has 0 saturated heterocycles. The van der Waals surface area contributed by atoms with Crippen LogP contribution in [0.5, 0.6) is 0 Å². The minimum absolute atomic E-state index is 0.0465. The van der Waals surface area contributed by atoms with Crippen molar-refractivity contribution in [2.75, 3.05) is 26.4 Å². The molecule has 0 aromatic carbocycles. The SMILES string of the molecule is CCCCCCCC/C=C\CCCCCCCC(=O)OCC(COC(=O)CCCCCCCCCCC)OCC(O)CO. The minimum Gasteiger partial charge on any atom is -0.463 e. The highest BCUT2D eigenvalue weighted by Crippen LogP contribution is 2.12. The standard InChI is InChI=1S/C36H68O7/c1-3-5-7-9-11-13-14-15-16-17-18-20-22-24-26-28-36(40)43-32-34(41-30-33(38)29-37)31-42-35(39)27-25-23-21-19-12-10-8-6-4-2/h15-16,33-34,37-38H,3-14,17-32H2,1-2H3/b16-15-. The van der Waals surface area contributed by atoms with Gasteiger partial charge in [0.15, 0.2) is 0 Å². The van der Waals surface area contributed by atoms with Gasteiger partial charge in [-0.25, -0.2) is 0 Å². The van der Waals surface area contributed by atoms with Gasteiger partial charge in [-0.3, -0.25) is 9.59 Å². The van der Waals surface area contributed by atoms with E-state index in [1.54, 1.807) is 0 Å². The van der Waals surface area contributed by atoms with E-state index in [0.717, 1.165) is 44.9 Å². The van der Waals surface area contributed by atoms with Gasteiger partial charge in [-0.15, -0.1) is 0 Å². The van der Waals surface area contributed by atoms with Crippen LogP contribution in [-0.4, -0.2) is 60.8 Å². The van der Waals surface area contributed by atoms with Crippen molar-refractivity contribution in [3.05, 3.63) is 12.2 Å². The van der Waals surface area contributed by atoms with Gasteiger partial charge >= 0.3 is 11.9 Å². The lowest BCUT2D eigenvalue weighted by Gasteiger charge is -2.19. The Morgan fingerprint density at radius 3 is 1.33 bits per heavy atom. The molecule has 7 nitrogen and oxygen atoms in total. The van der Waals surface area contributed by atoms with Crippen LogP contribution in [0, 0.1) is 0 Å². The van der Waals surface area contributed by atoms with Crippen LogP contribution in [-0.2, 0) is 23.8 Å². The number of aliphatic hydroxyl groups excluding tert-OH is 2. The summed E-state index contributed by atoms with van der Waals surface area (Å²) in [7, 11) is 0. The first kappa shape index (κ1) is 41.6. The summed E-state index contributed by atoms with van der Waals surface area (Å²) in [5.41, 5.74) is 0. The molecule has 0 radical (unpaired) electrons. The van der Waals surface area contributed by atoms with Gasteiger partial charge in [0.1, 0.15) is 25.4 Å². The second-order valence-corrected chi connectivity index (χ2v) is 12.1. The number of hydrogen-bond donors (Lipinski definition) is 2. The zero-order valence-corrected chi connectivity index (χ0v) is 28.0. The third-order valence-electron chi connectivity index (χ3n) is 7.72. The summed E-state index contributed by atoms with van der Waals surface area (Å²) in [6, 6.07) is 0. The lowest BCUT2D eigenvalue weighted by molar-refractivity contribution is -0.157. The molecule has 0 heterocycles. The van der Waals surface area contributed by atoms with Gasteiger partial charge in [0.25, 0.3) is 0 Å². The van der Waals surface area contributed by atoms with E-state index in [-0.39, 0.29) is 31.8 Å². The monoisotopic (exact) mass is 612 g/mol. The maximum absolute atomic E-state index is 12.2. The molecule has 0 aliphatic heterocycles. The molecular weight excluding hydrogens is 544 g/mol. The number of aliphatic hydroxyl groups is 2. The topological polar surface area (TPSA) is 102 Å². The fourth-order valence-corrected chi connectivity index (χ4v) is 4.88. The predicted molar refractivity (Wildman–Crippen MR) is 176 cm³/mol. The average Bonchev–Trinajstić information content (AvgIpc) is 3.01. The maximum Gasteiger partial charge on any atom is 0.305 e. The molecule has 0 amide bonds. The Bertz CT molecular complexity index is 637. The molecule has 0 aromatic rings. The van der Waals surface area contributed by atoms with Crippen LogP contribution in [0.1, 0.15) is 168 Å². The number of carbonyl (C=O) groups is 2. The molecule has 2 N–H and O–H groups in total. The van der Waals surface area contributed by atoms with Crippen molar-refractivity contribution in [1.82, 2.24) is 0 Å². The summed E-state index contributed by atoms with van der Waals surface area (Å²) in [6.45, 7) is 3.83. The highest BCUT2D eigenvalue weighted by Gasteiger charge is 2.17. The number of unbranched alkanes of at least 4 members (excludes halogenated alkanes) is 19. The molecule has 0 spiro atoms. The largest absolute Gasteiger partial charge is 0.463 e. The molecule has 0 aromatic heterocycles. The number of rotatable bonds is 33. The molecule has 254 valence electrons. The van der Waals surface area contributed by atoms with Crippen molar-refractivity contribution in [3.63, 3.8) is 0 Å². The number of esters is 2. The zero-order valence-electron chi connectivity index (χ0n) is 28.0. The van der Waals surface area contributed by atoms with E-state index in [1.165, 1.54) is 96.3 Å². The van der Waals surface area contributed by atoms with Gasteiger partial charge in [0, 0.05) is 12.8 Å². The van der Waals surface area contributed by atoms with Crippen molar-refractivity contribution >= 4 is 11.9 Å². The molecular formula is C36H68O7. The van der Waals surface area contributed by atoms with Crippen LogP contribution in [0.15, 0.2) is 12.2 Å². The van der Waals surface area contributed by atoms with Crippen molar-refractivity contribution in [1.29, 1.82) is 0 Å². The summed E-state index contributed by atoms with van der Waals surface area (Å²) < 4.78 is 16.3. The van der Waals surface area contributed by atoms with E-state index in [0.29, 0.717) is 12.8 Å². The normalized spacial score (nSPS) is 12.9. The first-order valence-electron chi connectivity index (χ1n) is 17.9. The third-order valence-corrected chi connectivity index (χ3v) is 7.72. The van der Waals surface area contributed by atoms with Gasteiger partial charge in [-0.05, 0) is 38.5 Å². The van der Waals surface area contributed by atoms with Gasteiger partial charge in [0.05, 0.1) is 13.2 Å². The molecule has 7 heteroatoms. The van der Waals surface area contributed by atoms with E-state index in [9.17, 15) is 14.7 Å². The summed E-state index contributed by atoms with van der Waals surface area (Å²) in [5.74, 6) is -0.589. The zero-order chi connectivity index (χ0) is 31.6. The first-order valence-corrected chi connectivity index (χ1v) is 17.9. The van der Waals surface area contributed by atoms with E-state index < -0.39 is 18.8 Å². The van der Waals surface area contributed by atoms with Crippen LogP contribution in [0.4, 0.5) is 0 Å². The highest BCUT2D eigenvalue weighted by molar-refractivity contribution is 5.69. The lowest BCUT2D eigenvalue weighted by atomic mass is 10.1.